The first kappa shape index (κ1) is 16.4. The minimum atomic E-state index is -0.445. The molecule has 1 N–H and O–H groups in total. The van der Waals surface area contributed by atoms with Gasteiger partial charge in [0.1, 0.15) is 11.6 Å². The van der Waals surface area contributed by atoms with Crippen LogP contribution in [0.5, 0.6) is 0 Å². The summed E-state index contributed by atoms with van der Waals surface area (Å²) in [5.41, 5.74) is 0.238. The zero-order valence-electron chi connectivity index (χ0n) is 11.6. The second-order valence-electron chi connectivity index (χ2n) is 4.99. The molecular weight excluding hydrogens is 312 g/mol. The third-order valence-corrected chi connectivity index (χ3v) is 3.76. The lowest BCUT2D eigenvalue weighted by Gasteiger charge is -2.16. The molecule has 0 heterocycles. The van der Waals surface area contributed by atoms with E-state index >= 15 is 0 Å². The molecule has 0 aliphatic carbocycles. The van der Waals surface area contributed by atoms with Crippen molar-refractivity contribution in [1.82, 2.24) is 0 Å². The molecule has 0 fully saturated rings. The Balaban J connectivity index is 2.40. The van der Waals surface area contributed by atoms with Gasteiger partial charge in [0, 0.05) is 12.1 Å². The van der Waals surface area contributed by atoms with Crippen LogP contribution in [0.25, 0.3) is 0 Å². The summed E-state index contributed by atoms with van der Waals surface area (Å²) in [6.45, 7) is 4.19. The van der Waals surface area contributed by atoms with Crippen LogP contribution in [-0.2, 0) is 0 Å². The van der Waals surface area contributed by atoms with E-state index in [0.29, 0.717) is 0 Å². The lowest BCUT2D eigenvalue weighted by molar-refractivity contribution is 0.569. The van der Waals surface area contributed by atoms with Gasteiger partial charge in [0.05, 0.1) is 10.2 Å². The second kappa shape index (κ2) is 8.51. The molecule has 0 amide bonds. The summed E-state index contributed by atoms with van der Waals surface area (Å²) >= 11 is 2.97. The number of anilines is 1. The smallest absolute Gasteiger partial charge is 0.147 e. The van der Waals surface area contributed by atoms with Gasteiger partial charge in [-0.2, -0.15) is 0 Å². The quantitative estimate of drug-likeness (QED) is 0.462. The summed E-state index contributed by atoms with van der Waals surface area (Å²) in [6, 6.07) is 2.51. The largest absolute Gasteiger partial charge is 0.380 e. The average Bonchev–Trinajstić information content (AvgIpc) is 2.35. The Morgan fingerprint density at radius 2 is 1.79 bits per heavy atom. The van der Waals surface area contributed by atoms with Gasteiger partial charge in [-0.15, -0.1) is 0 Å². The first-order valence-electron chi connectivity index (χ1n) is 6.95. The Kier molecular flexibility index (Phi) is 7.36. The van der Waals surface area contributed by atoms with Gasteiger partial charge in [-0.3, -0.25) is 0 Å². The summed E-state index contributed by atoms with van der Waals surface area (Å²) in [5.74, 6) is -0.870. The van der Waals surface area contributed by atoms with Crippen molar-refractivity contribution in [3.63, 3.8) is 0 Å². The number of unbranched alkanes of at least 4 members (excludes halogenated alkanes) is 4. The predicted octanol–water partition coefficient (Wildman–Crippen LogP) is 5.89. The third kappa shape index (κ3) is 5.89. The summed E-state index contributed by atoms with van der Waals surface area (Å²) in [7, 11) is 0. The fraction of sp³-hybridized carbons (Fsp3) is 0.600. The van der Waals surface area contributed by atoms with Crippen molar-refractivity contribution in [3.8, 4) is 0 Å². The van der Waals surface area contributed by atoms with Gasteiger partial charge in [-0.1, -0.05) is 39.0 Å². The Bertz CT molecular complexity index is 396. The first-order chi connectivity index (χ1) is 9.04. The number of rotatable bonds is 8. The number of hydrogen-bond donors (Lipinski definition) is 1. The molecule has 0 aliphatic heterocycles. The van der Waals surface area contributed by atoms with Gasteiger partial charge in [0.2, 0.25) is 0 Å². The van der Waals surface area contributed by atoms with Crippen LogP contribution in [0.15, 0.2) is 16.6 Å². The standard InChI is InChI=1S/C15H22BrF2N/c1-3-4-5-6-7-8-11(2)19-15-10-13(17)12(16)9-14(15)18/h9-11,19H,3-8H2,1-2H3. The molecule has 0 spiro atoms. The molecule has 1 unspecified atom stereocenters. The SMILES string of the molecule is CCCCCCCC(C)Nc1cc(F)c(Br)cc1F. The molecule has 0 aliphatic rings. The topological polar surface area (TPSA) is 12.0 Å². The van der Waals surface area contributed by atoms with Crippen LogP contribution >= 0.6 is 15.9 Å². The average molecular weight is 334 g/mol. The fourth-order valence-corrected chi connectivity index (χ4v) is 2.34. The molecule has 1 atom stereocenters. The van der Waals surface area contributed by atoms with E-state index in [-0.39, 0.29) is 16.2 Å². The summed E-state index contributed by atoms with van der Waals surface area (Å²) in [5, 5.41) is 3.03. The van der Waals surface area contributed by atoms with Gasteiger partial charge < -0.3 is 5.32 Å². The van der Waals surface area contributed by atoms with Crippen molar-refractivity contribution in [2.75, 3.05) is 5.32 Å². The van der Waals surface area contributed by atoms with Crippen LogP contribution in [0, 0.1) is 11.6 Å². The highest BCUT2D eigenvalue weighted by Gasteiger charge is 2.10. The van der Waals surface area contributed by atoms with Crippen LogP contribution in [-0.4, -0.2) is 6.04 Å². The predicted molar refractivity (Wildman–Crippen MR) is 80.5 cm³/mol. The van der Waals surface area contributed by atoms with Gasteiger partial charge in [-0.05, 0) is 35.3 Å². The van der Waals surface area contributed by atoms with E-state index in [1.807, 2.05) is 6.92 Å². The van der Waals surface area contributed by atoms with Crippen LogP contribution in [0.3, 0.4) is 0 Å². The Morgan fingerprint density at radius 3 is 2.47 bits per heavy atom. The van der Waals surface area contributed by atoms with Crippen molar-refractivity contribution >= 4 is 21.6 Å². The molecule has 0 radical (unpaired) electrons. The molecule has 0 aromatic heterocycles. The minimum Gasteiger partial charge on any atom is -0.380 e. The van der Waals surface area contributed by atoms with Crippen LogP contribution in [0.1, 0.15) is 52.4 Å². The highest BCUT2D eigenvalue weighted by atomic mass is 79.9. The number of halogens is 3. The highest BCUT2D eigenvalue weighted by molar-refractivity contribution is 9.10. The van der Waals surface area contributed by atoms with E-state index in [2.05, 4.69) is 28.2 Å². The molecule has 1 nitrogen and oxygen atoms in total. The molecule has 0 saturated carbocycles. The van der Waals surface area contributed by atoms with Gasteiger partial charge in [0.25, 0.3) is 0 Å². The maximum Gasteiger partial charge on any atom is 0.147 e. The number of nitrogens with one attached hydrogen (secondary N) is 1. The number of hydrogen-bond acceptors (Lipinski definition) is 1. The Morgan fingerprint density at radius 1 is 1.11 bits per heavy atom. The lowest BCUT2D eigenvalue weighted by Crippen LogP contribution is -2.16. The zero-order valence-corrected chi connectivity index (χ0v) is 13.2. The molecule has 19 heavy (non-hydrogen) atoms. The fourth-order valence-electron chi connectivity index (χ4n) is 2.02. The molecular formula is C15H22BrF2N. The molecule has 1 aromatic rings. The maximum atomic E-state index is 13.6. The number of benzene rings is 1. The van der Waals surface area contributed by atoms with E-state index in [9.17, 15) is 8.78 Å². The van der Waals surface area contributed by atoms with Crippen molar-refractivity contribution < 1.29 is 8.78 Å². The molecule has 1 aromatic carbocycles. The molecule has 108 valence electrons. The lowest BCUT2D eigenvalue weighted by atomic mass is 10.1. The van der Waals surface area contributed by atoms with Gasteiger partial charge in [-0.25, -0.2) is 8.78 Å². The van der Waals surface area contributed by atoms with Crippen molar-refractivity contribution in [1.29, 1.82) is 0 Å². The molecule has 4 heteroatoms. The normalized spacial score (nSPS) is 12.5. The van der Waals surface area contributed by atoms with E-state index in [0.717, 1.165) is 18.9 Å². The minimum absolute atomic E-state index is 0.150. The Labute approximate surface area is 122 Å². The van der Waals surface area contributed by atoms with Crippen LogP contribution in [0.2, 0.25) is 0 Å². The van der Waals surface area contributed by atoms with E-state index in [4.69, 9.17) is 0 Å². The second-order valence-corrected chi connectivity index (χ2v) is 5.85. The molecule has 1 rings (SSSR count). The third-order valence-electron chi connectivity index (χ3n) is 3.15. The highest BCUT2D eigenvalue weighted by Crippen LogP contribution is 2.24. The monoisotopic (exact) mass is 333 g/mol. The first-order valence-corrected chi connectivity index (χ1v) is 7.75. The van der Waals surface area contributed by atoms with E-state index in [1.165, 1.54) is 31.7 Å². The Hall–Kier alpha value is -0.640. The van der Waals surface area contributed by atoms with Crippen molar-refractivity contribution in [2.45, 2.75) is 58.4 Å². The zero-order chi connectivity index (χ0) is 14.3. The summed E-state index contributed by atoms with van der Waals surface area (Å²) in [4.78, 5) is 0. The maximum absolute atomic E-state index is 13.6. The summed E-state index contributed by atoms with van der Waals surface area (Å²) in [6.07, 6.45) is 7.06. The summed E-state index contributed by atoms with van der Waals surface area (Å²) < 4.78 is 27.1. The molecule has 0 bridgehead atoms. The van der Waals surface area contributed by atoms with Crippen LogP contribution < -0.4 is 5.32 Å². The van der Waals surface area contributed by atoms with Gasteiger partial charge >= 0.3 is 0 Å². The van der Waals surface area contributed by atoms with Crippen molar-refractivity contribution in [2.24, 2.45) is 0 Å². The van der Waals surface area contributed by atoms with Gasteiger partial charge in [0.15, 0.2) is 0 Å². The molecule has 0 saturated heterocycles. The van der Waals surface area contributed by atoms with E-state index in [1.54, 1.807) is 0 Å². The van der Waals surface area contributed by atoms with Crippen molar-refractivity contribution in [3.05, 3.63) is 28.2 Å². The van der Waals surface area contributed by atoms with E-state index < -0.39 is 11.6 Å². The van der Waals surface area contributed by atoms with Crippen LogP contribution in [0.4, 0.5) is 14.5 Å².